The Kier molecular flexibility index (Phi) is 5.63. The molecule has 1 aromatic carbocycles. The molecule has 1 aromatic rings. The maximum atomic E-state index is 14.2. The molecule has 21 heavy (non-hydrogen) atoms. The van der Waals surface area contributed by atoms with Gasteiger partial charge in [-0.15, -0.1) is 0 Å². The Labute approximate surface area is 128 Å². The SMILES string of the molecule is CCNC(C)c1c(F)cccc1OC1CCC(C)C(C)C1. The van der Waals surface area contributed by atoms with Crippen molar-refractivity contribution in [1.29, 1.82) is 0 Å². The average molecular weight is 293 g/mol. The first kappa shape index (κ1) is 16.3. The Morgan fingerprint density at radius 1 is 1.29 bits per heavy atom. The maximum absolute atomic E-state index is 14.2. The van der Waals surface area contributed by atoms with Gasteiger partial charge in [-0.25, -0.2) is 4.39 Å². The minimum absolute atomic E-state index is 0.0360. The highest BCUT2D eigenvalue weighted by Crippen LogP contribution is 2.34. The fraction of sp³-hybridized carbons (Fsp3) is 0.667. The molecule has 1 saturated carbocycles. The van der Waals surface area contributed by atoms with Gasteiger partial charge in [0.1, 0.15) is 11.6 Å². The van der Waals surface area contributed by atoms with E-state index >= 15 is 0 Å². The zero-order valence-corrected chi connectivity index (χ0v) is 13.7. The molecule has 0 aromatic heterocycles. The van der Waals surface area contributed by atoms with Crippen LogP contribution in [0.1, 0.15) is 58.6 Å². The van der Waals surface area contributed by atoms with Gasteiger partial charge in [0.2, 0.25) is 0 Å². The molecule has 1 aliphatic carbocycles. The Balaban J connectivity index is 2.14. The van der Waals surface area contributed by atoms with Gasteiger partial charge >= 0.3 is 0 Å². The second-order valence-electron chi connectivity index (χ2n) is 6.44. The quantitative estimate of drug-likeness (QED) is 0.849. The van der Waals surface area contributed by atoms with Crippen molar-refractivity contribution < 1.29 is 9.13 Å². The van der Waals surface area contributed by atoms with Crippen LogP contribution >= 0.6 is 0 Å². The van der Waals surface area contributed by atoms with E-state index in [1.54, 1.807) is 6.07 Å². The van der Waals surface area contributed by atoms with Crippen molar-refractivity contribution in [2.24, 2.45) is 11.8 Å². The molecule has 0 aliphatic heterocycles. The Bertz CT molecular complexity index is 463. The van der Waals surface area contributed by atoms with Crippen LogP contribution in [0.3, 0.4) is 0 Å². The van der Waals surface area contributed by atoms with Gasteiger partial charge in [0.25, 0.3) is 0 Å². The number of hydrogen-bond donors (Lipinski definition) is 1. The molecular formula is C18H28FNO. The fourth-order valence-electron chi connectivity index (χ4n) is 3.23. The van der Waals surface area contributed by atoms with Crippen molar-refractivity contribution in [2.45, 2.75) is 59.1 Å². The zero-order chi connectivity index (χ0) is 15.4. The summed E-state index contributed by atoms with van der Waals surface area (Å²) in [6.45, 7) is 9.42. The molecule has 118 valence electrons. The predicted octanol–water partition coefficient (Wildman–Crippen LogP) is 4.70. The first-order valence-corrected chi connectivity index (χ1v) is 8.21. The van der Waals surface area contributed by atoms with Crippen LogP contribution < -0.4 is 10.1 Å². The van der Waals surface area contributed by atoms with E-state index in [9.17, 15) is 4.39 Å². The highest BCUT2D eigenvalue weighted by atomic mass is 19.1. The van der Waals surface area contributed by atoms with E-state index in [0.717, 1.165) is 25.3 Å². The molecule has 2 rings (SSSR count). The third-order valence-electron chi connectivity index (χ3n) is 4.80. The predicted molar refractivity (Wildman–Crippen MR) is 85.1 cm³/mol. The molecule has 2 nitrogen and oxygen atoms in total. The minimum atomic E-state index is -0.182. The Morgan fingerprint density at radius 3 is 2.71 bits per heavy atom. The topological polar surface area (TPSA) is 21.3 Å². The van der Waals surface area contributed by atoms with Gasteiger partial charge in [-0.2, -0.15) is 0 Å². The third-order valence-corrected chi connectivity index (χ3v) is 4.80. The lowest BCUT2D eigenvalue weighted by atomic mass is 9.80. The van der Waals surface area contributed by atoms with Crippen molar-refractivity contribution in [1.82, 2.24) is 5.32 Å². The molecule has 0 heterocycles. The van der Waals surface area contributed by atoms with Gasteiger partial charge in [0.15, 0.2) is 0 Å². The van der Waals surface area contributed by atoms with E-state index in [2.05, 4.69) is 19.2 Å². The molecule has 0 amide bonds. The van der Waals surface area contributed by atoms with Crippen LogP contribution in [0, 0.1) is 17.7 Å². The van der Waals surface area contributed by atoms with Gasteiger partial charge in [-0.1, -0.05) is 26.8 Å². The van der Waals surface area contributed by atoms with Crippen LogP contribution in [-0.2, 0) is 0 Å². The molecule has 4 atom stereocenters. The van der Waals surface area contributed by atoms with Crippen LogP contribution in [0.4, 0.5) is 4.39 Å². The van der Waals surface area contributed by atoms with E-state index < -0.39 is 0 Å². The molecular weight excluding hydrogens is 265 g/mol. The lowest BCUT2D eigenvalue weighted by molar-refractivity contribution is 0.0988. The lowest BCUT2D eigenvalue weighted by Crippen LogP contribution is -2.29. The van der Waals surface area contributed by atoms with Crippen molar-refractivity contribution in [3.63, 3.8) is 0 Å². The molecule has 0 saturated heterocycles. The summed E-state index contributed by atoms with van der Waals surface area (Å²) in [4.78, 5) is 0. The van der Waals surface area contributed by atoms with E-state index in [-0.39, 0.29) is 18.0 Å². The molecule has 0 radical (unpaired) electrons. The van der Waals surface area contributed by atoms with Crippen LogP contribution in [0.2, 0.25) is 0 Å². The normalized spacial score (nSPS) is 27.4. The lowest BCUT2D eigenvalue weighted by Gasteiger charge is -2.33. The van der Waals surface area contributed by atoms with Crippen LogP contribution in [0.25, 0.3) is 0 Å². The van der Waals surface area contributed by atoms with Gasteiger partial charge in [-0.3, -0.25) is 0 Å². The number of hydrogen-bond acceptors (Lipinski definition) is 2. The van der Waals surface area contributed by atoms with Crippen LogP contribution in [0.5, 0.6) is 5.75 Å². The molecule has 1 fully saturated rings. The molecule has 4 unspecified atom stereocenters. The number of nitrogens with one attached hydrogen (secondary N) is 1. The largest absolute Gasteiger partial charge is 0.490 e. The highest BCUT2D eigenvalue weighted by molar-refractivity contribution is 5.37. The second kappa shape index (κ2) is 7.26. The van der Waals surface area contributed by atoms with Crippen LogP contribution in [-0.4, -0.2) is 12.6 Å². The highest BCUT2D eigenvalue weighted by Gasteiger charge is 2.27. The van der Waals surface area contributed by atoms with Crippen LogP contribution in [0.15, 0.2) is 18.2 Å². The van der Waals surface area contributed by atoms with Gasteiger partial charge < -0.3 is 10.1 Å². The number of benzene rings is 1. The number of rotatable bonds is 5. The zero-order valence-electron chi connectivity index (χ0n) is 13.7. The standard InChI is InChI=1S/C18H28FNO/c1-5-20-14(4)18-16(19)7-6-8-17(18)21-15-10-9-12(2)13(3)11-15/h6-8,12-15,20H,5,9-11H2,1-4H3. The average Bonchev–Trinajstić information content (AvgIpc) is 2.43. The smallest absolute Gasteiger partial charge is 0.131 e. The first-order chi connectivity index (χ1) is 10.0. The molecule has 1 aliphatic rings. The summed E-state index contributed by atoms with van der Waals surface area (Å²) in [5, 5.41) is 3.28. The monoisotopic (exact) mass is 293 g/mol. The number of halogens is 1. The minimum Gasteiger partial charge on any atom is -0.490 e. The van der Waals surface area contributed by atoms with Crippen molar-refractivity contribution in [3.05, 3.63) is 29.6 Å². The summed E-state index contributed by atoms with van der Waals surface area (Å²) in [5.74, 6) is 1.96. The van der Waals surface area contributed by atoms with E-state index in [1.807, 2.05) is 19.9 Å². The first-order valence-electron chi connectivity index (χ1n) is 8.21. The number of ether oxygens (including phenoxy) is 1. The van der Waals surface area contributed by atoms with Crippen molar-refractivity contribution in [3.8, 4) is 5.75 Å². The van der Waals surface area contributed by atoms with Gasteiger partial charge in [-0.05, 0) is 56.7 Å². The van der Waals surface area contributed by atoms with E-state index in [0.29, 0.717) is 17.2 Å². The fourth-order valence-corrected chi connectivity index (χ4v) is 3.23. The third kappa shape index (κ3) is 3.97. The molecule has 1 N–H and O–H groups in total. The maximum Gasteiger partial charge on any atom is 0.131 e. The summed E-state index contributed by atoms with van der Waals surface area (Å²) in [7, 11) is 0. The Hall–Kier alpha value is -1.09. The van der Waals surface area contributed by atoms with Gasteiger partial charge in [0.05, 0.1) is 6.10 Å². The van der Waals surface area contributed by atoms with Crippen molar-refractivity contribution in [2.75, 3.05) is 6.54 Å². The Morgan fingerprint density at radius 2 is 2.05 bits per heavy atom. The summed E-state index contributed by atoms with van der Waals surface area (Å²) in [6, 6.07) is 5.12. The molecule has 3 heteroatoms. The molecule has 0 bridgehead atoms. The summed E-state index contributed by atoms with van der Waals surface area (Å²) < 4.78 is 20.4. The summed E-state index contributed by atoms with van der Waals surface area (Å²) in [6.07, 6.45) is 3.54. The second-order valence-corrected chi connectivity index (χ2v) is 6.44. The summed E-state index contributed by atoms with van der Waals surface area (Å²) in [5.41, 5.74) is 0.658. The van der Waals surface area contributed by atoms with Gasteiger partial charge in [0, 0.05) is 11.6 Å². The van der Waals surface area contributed by atoms with E-state index in [4.69, 9.17) is 4.74 Å². The molecule has 0 spiro atoms. The van der Waals surface area contributed by atoms with Crippen molar-refractivity contribution >= 4 is 0 Å². The summed E-state index contributed by atoms with van der Waals surface area (Å²) >= 11 is 0. The van der Waals surface area contributed by atoms with E-state index in [1.165, 1.54) is 12.5 Å².